The molecule has 7 heteroatoms. The van der Waals surface area contributed by atoms with Crippen molar-refractivity contribution in [3.05, 3.63) is 54.2 Å². The van der Waals surface area contributed by atoms with E-state index in [0.717, 1.165) is 29.1 Å². The zero-order valence-corrected chi connectivity index (χ0v) is 21.5. The van der Waals surface area contributed by atoms with Gasteiger partial charge >= 0.3 is 6.03 Å². The van der Waals surface area contributed by atoms with Crippen molar-refractivity contribution in [1.82, 2.24) is 15.3 Å². The Kier molecular flexibility index (Phi) is 9.45. The molecule has 0 aliphatic rings. The predicted molar refractivity (Wildman–Crippen MR) is 141 cm³/mol. The summed E-state index contributed by atoms with van der Waals surface area (Å²) in [5.74, 6) is 0.809. The van der Waals surface area contributed by atoms with Crippen LogP contribution in [0.1, 0.15) is 66.2 Å². The summed E-state index contributed by atoms with van der Waals surface area (Å²) in [7, 11) is 0. The van der Waals surface area contributed by atoms with Gasteiger partial charge in [0.15, 0.2) is 5.13 Å². The minimum Gasteiger partial charge on any atom is -0.494 e. The van der Waals surface area contributed by atoms with E-state index in [2.05, 4.69) is 17.2 Å². The molecule has 2 heterocycles. The Morgan fingerprint density at radius 1 is 1.06 bits per heavy atom. The topological polar surface area (TPSA) is 67.3 Å². The summed E-state index contributed by atoms with van der Waals surface area (Å²) in [6.07, 6.45) is 10.9. The van der Waals surface area contributed by atoms with Crippen LogP contribution >= 0.6 is 11.3 Å². The third-order valence-electron chi connectivity index (χ3n) is 5.19. The van der Waals surface area contributed by atoms with Crippen LogP contribution < -0.4 is 15.0 Å². The first-order valence-corrected chi connectivity index (χ1v) is 13.0. The summed E-state index contributed by atoms with van der Waals surface area (Å²) >= 11 is 1.43. The van der Waals surface area contributed by atoms with E-state index in [1.54, 1.807) is 17.3 Å². The van der Waals surface area contributed by atoms with Gasteiger partial charge in [-0.25, -0.2) is 14.7 Å². The second kappa shape index (κ2) is 12.5. The summed E-state index contributed by atoms with van der Waals surface area (Å²) < 4.78 is 5.92. The van der Waals surface area contributed by atoms with Gasteiger partial charge < -0.3 is 10.1 Å². The Balaban J connectivity index is 1.71. The summed E-state index contributed by atoms with van der Waals surface area (Å²) in [4.78, 5) is 23.8. The number of ether oxygens (including phenoxy) is 1. The smallest absolute Gasteiger partial charge is 0.328 e. The number of amides is 2. The lowest BCUT2D eigenvalue weighted by atomic mass is 10.1. The van der Waals surface area contributed by atoms with Crippen LogP contribution in [0.15, 0.2) is 54.2 Å². The molecule has 3 aromatic rings. The SMILES string of the molecule is CCCCCCCCOc1ccc(N(C(=O)NC(C)(C)C)c2nc(-c3cccnc3)cs2)cc1. The maximum atomic E-state index is 13.2. The number of unbranched alkanes of at least 4 members (excludes halogenated alkanes) is 5. The monoisotopic (exact) mass is 480 g/mol. The van der Waals surface area contributed by atoms with Gasteiger partial charge in [-0.05, 0) is 63.6 Å². The highest BCUT2D eigenvalue weighted by Gasteiger charge is 2.25. The molecule has 0 atom stereocenters. The van der Waals surface area contributed by atoms with Crippen molar-refractivity contribution in [2.75, 3.05) is 11.5 Å². The third kappa shape index (κ3) is 7.83. The van der Waals surface area contributed by atoms with E-state index >= 15 is 0 Å². The molecular formula is C27H36N4O2S. The minimum atomic E-state index is -0.376. The lowest BCUT2D eigenvalue weighted by Gasteiger charge is -2.27. The molecule has 0 saturated heterocycles. The lowest BCUT2D eigenvalue weighted by Crippen LogP contribution is -2.47. The first kappa shape index (κ1) is 25.7. The normalized spacial score (nSPS) is 11.3. The van der Waals surface area contributed by atoms with Crippen molar-refractivity contribution in [1.29, 1.82) is 0 Å². The minimum absolute atomic E-state index is 0.222. The molecule has 0 aliphatic carbocycles. The number of nitrogens with one attached hydrogen (secondary N) is 1. The molecule has 3 rings (SSSR count). The summed E-state index contributed by atoms with van der Waals surface area (Å²) in [6, 6.07) is 11.3. The molecule has 182 valence electrons. The number of hydrogen-bond donors (Lipinski definition) is 1. The van der Waals surface area contributed by atoms with Gasteiger partial charge in [0.2, 0.25) is 0 Å². The van der Waals surface area contributed by atoms with Crippen molar-refractivity contribution >= 4 is 28.2 Å². The molecule has 0 saturated carbocycles. The summed E-state index contributed by atoms with van der Waals surface area (Å²) in [5.41, 5.74) is 2.07. The second-order valence-electron chi connectivity index (χ2n) is 9.38. The molecule has 2 amide bonds. The van der Waals surface area contributed by atoms with Gasteiger partial charge in [-0.1, -0.05) is 39.0 Å². The average molecular weight is 481 g/mol. The van der Waals surface area contributed by atoms with Crippen LogP contribution in [0.5, 0.6) is 5.75 Å². The van der Waals surface area contributed by atoms with Crippen molar-refractivity contribution in [2.24, 2.45) is 0 Å². The number of rotatable bonds is 11. The van der Waals surface area contributed by atoms with Gasteiger partial charge in [-0.2, -0.15) is 0 Å². The Bertz CT molecular complexity index is 1010. The van der Waals surface area contributed by atoms with E-state index in [1.165, 1.54) is 43.4 Å². The van der Waals surface area contributed by atoms with E-state index < -0.39 is 0 Å². The van der Waals surface area contributed by atoms with E-state index in [4.69, 9.17) is 9.72 Å². The highest BCUT2D eigenvalue weighted by molar-refractivity contribution is 7.14. The van der Waals surface area contributed by atoms with Gasteiger partial charge in [-0.15, -0.1) is 11.3 Å². The molecule has 0 radical (unpaired) electrons. The maximum Gasteiger partial charge on any atom is 0.328 e. The molecule has 1 aromatic carbocycles. The Labute approximate surface area is 207 Å². The van der Waals surface area contributed by atoms with Crippen LogP contribution in [0.4, 0.5) is 15.6 Å². The zero-order valence-electron chi connectivity index (χ0n) is 20.7. The van der Waals surface area contributed by atoms with E-state index in [0.29, 0.717) is 11.7 Å². The van der Waals surface area contributed by atoms with Crippen LogP contribution in [0.3, 0.4) is 0 Å². The van der Waals surface area contributed by atoms with Crippen LogP contribution in [0.25, 0.3) is 11.3 Å². The van der Waals surface area contributed by atoms with Gasteiger partial charge in [0.05, 0.1) is 18.0 Å². The number of carbonyl (C=O) groups excluding carboxylic acids is 1. The first-order chi connectivity index (χ1) is 16.4. The van der Waals surface area contributed by atoms with Gasteiger partial charge in [0.1, 0.15) is 5.75 Å². The number of aromatic nitrogens is 2. The van der Waals surface area contributed by atoms with Gasteiger partial charge in [0, 0.05) is 28.9 Å². The fraction of sp³-hybridized carbons (Fsp3) is 0.444. The largest absolute Gasteiger partial charge is 0.494 e. The molecular weight excluding hydrogens is 444 g/mol. The highest BCUT2D eigenvalue weighted by Crippen LogP contribution is 2.33. The van der Waals surface area contributed by atoms with Crippen LogP contribution in [0, 0.1) is 0 Å². The van der Waals surface area contributed by atoms with Gasteiger partial charge in [-0.3, -0.25) is 4.98 Å². The van der Waals surface area contributed by atoms with Crippen molar-refractivity contribution in [3.63, 3.8) is 0 Å². The number of benzene rings is 1. The maximum absolute atomic E-state index is 13.2. The number of anilines is 2. The molecule has 0 unspecified atom stereocenters. The molecule has 0 fully saturated rings. The average Bonchev–Trinajstić information content (AvgIpc) is 3.29. The molecule has 0 bridgehead atoms. The first-order valence-electron chi connectivity index (χ1n) is 12.1. The van der Waals surface area contributed by atoms with E-state index in [-0.39, 0.29) is 11.6 Å². The molecule has 6 nitrogen and oxygen atoms in total. The fourth-order valence-corrected chi connectivity index (χ4v) is 4.32. The van der Waals surface area contributed by atoms with Crippen molar-refractivity contribution < 1.29 is 9.53 Å². The number of pyridine rings is 1. The molecule has 0 aliphatic heterocycles. The fourth-order valence-electron chi connectivity index (χ4n) is 3.47. The number of urea groups is 1. The molecule has 0 spiro atoms. The Hall–Kier alpha value is -2.93. The molecule has 1 N–H and O–H groups in total. The van der Waals surface area contributed by atoms with Gasteiger partial charge in [0.25, 0.3) is 0 Å². The highest BCUT2D eigenvalue weighted by atomic mass is 32.1. The van der Waals surface area contributed by atoms with Crippen molar-refractivity contribution in [3.8, 4) is 17.0 Å². The zero-order chi connectivity index (χ0) is 24.4. The lowest BCUT2D eigenvalue weighted by molar-refractivity contribution is 0.240. The Morgan fingerprint density at radius 3 is 2.47 bits per heavy atom. The molecule has 2 aromatic heterocycles. The van der Waals surface area contributed by atoms with E-state index in [1.807, 2.05) is 62.5 Å². The summed E-state index contributed by atoms with van der Waals surface area (Å²) in [6.45, 7) is 8.83. The van der Waals surface area contributed by atoms with Crippen LogP contribution in [-0.4, -0.2) is 28.1 Å². The third-order valence-corrected chi connectivity index (χ3v) is 6.01. The van der Waals surface area contributed by atoms with Crippen molar-refractivity contribution in [2.45, 2.75) is 71.8 Å². The molecule has 34 heavy (non-hydrogen) atoms. The number of hydrogen-bond acceptors (Lipinski definition) is 5. The Morgan fingerprint density at radius 2 is 1.79 bits per heavy atom. The van der Waals surface area contributed by atoms with Crippen LogP contribution in [-0.2, 0) is 0 Å². The van der Waals surface area contributed by atoms with Crippen LogP contribution in [0.2, 0.25) is 0 Å². The quantitative estimate of drug-likeness (QED) is 0.287. The van der Waals surface area contributed by atoms with E-state index in [9.17, 15) is 4.79 Å². The standard InChI is InChI=1S/C27H36N4O2S/c1-5-6-7-8-9-10-18-33-23-15-13-22(14-16-23)31(25(32)30-27(2,3)4)26-29-24(20-34-26)21-12-11-17-28-19-21/h11-17,19-20H,5-10,18H2,1-4H3,(H,30,32). The summed E-state index contributed by atoms with van der Waals surface area (Å²) in [5, 5.41) is 5.60. The number of thiazole rings is 1. The number of nitrogens with zero attached hydrogens (tertiary/aromatic N) is 3. The number of carbonyl (C=O) groups is 1. The predicted octanol–water partition coefficient (Wildman–Crippen LogP) is 7.59. The second-order valence-corrected chi connectivity index (χ2v) is 10.2.